The first kappa shape index (κ1) is 12.0. The molecule has 1 aromatic heterocycles. The molecule has 1 saturated heterocycles. The Morgan fingerprint density at radius 3 is 3.06 bits per heavy atom. The molecule has 2 nitrogen and oxygen atoms in total. The van der Waals surface area contributed by atoms with Crippen LogP contribution in [0.5, 0.6) is 0 Å². The fraction of sp³-hybridized carbons (Fsp3) is 0.583. The van der Waals surface area contributed by atoms with Crippen LogP contribution in [0, 0.1) is 11.7 Å². The van der Waals surface area contributed by atoms with Crippen LogP contribution in [0.4, 0.5) is 4.39 Å². The van der Waals surface area contributed by atoms with Gasteiger partial charge >= 0.3 is 0 Å². The lowest BCUT2D eigenvalue weighted by molar-refractivity contribution is 0.244. The van der Waals surface area contributed by atoms with Crippen molar-refractivity contribution in [3.05, 3.63) is 29.8 Å². The van der Waals surface area contributed by atoms with Gasteiger partial charge in [0, 0.05) is 24.1 Å². The molecular formula is C12H16BrFN2. The normalized spacial score (nSPS) is 26.2. The summed E-state index contributed by atoms with van der Waals surface area (Å²) in [6.45, 7) is 4.16. The molecule has 88 valence electrons. The molecule has 0 aromatic carbocycles. The van der Waals surface area contributed by atoms with Gasteiger partial charge in [0.25, 0.3) is 0 Å². The average molecular weight is 287 g/mol. The Labute approximate surface area is 104 Å². The van der Waals surface area contributed by atoms with Crippen molar-refractivity contribution >= 4 is 15.9 Å². The Bertz CT molecular complexity index is 359. The molecule has 2 atom stereocenters. The summed E-state index contributed by atoms with van der Waals surface area (Å²) in [5, 5.41) is 0.983. The van der Waals surface area contributed by atoms with Gasteiger partial charge in [0.05, 0.1) is 6.20 Å². The molecule has 1 fully saturated rings. The van der Waals surface area contributed by atoms with E-state index >= 15 is 0 Å². The monoisotopic (exact) mass is 286 g/mol. The number of hydrogen-bond acceptors (Lipinski definition) is 2. The maximum absolute atomic E-state index is 13.0. The summed E-state index contributed by atoms with van der Waals surface area (Å²) in [5.74, 6) is 0.459. The molecule has 0 spiro atoms. The van der Waals surface area contributed by atoms with Gasteiger partial charge in [-0.2, -0.15) is 0 Å². The number of aromatic nitrogens is 1. The molecule has 4 heteroatoms. The zero-order valence-electron chi connectivity index (χ0n) is 9.37. The van der Waals surface area contributed by atoms with Crippen molar-refractivity contribution in [1.29, 1.82) is 0 Å². The molecule has 16 heavy (non-hydrogen) atoms. The van der Waals surface area contributed by atoms with Gasteiger partial charge < -0.3 is 0 Å². The highest BCUT2D eigenvalue weighted by Crippen LogP contribution is 2.26. The minimum absolute atomic E-state index is 0.250. The van der Waals surface area contributed by atoms with E-state index in [1.165, 1.54) is 12.6 Å². The van der Waals surface area contributed by atoms with Gasteiger partial charge in [-0.1, -0.05) is 22.9 Å². The quantitative estimate of drug-likeness (QED) is 0.795. The minimum Gasteiger partial charge on any atom is -0.295 e. The minimum atomic E-state index is -0.250. The van der Waals surface area contributed by atoms with Gasteiger partial charge in [-0.15, -0.1) is 0 Å². The van der Waals surface area contributed by atoms with E-state index in [1.54, 1.807) is 12.3 Å². The lowest BCUT2D eigenvalue weighted by Crippen LogP contribution is -2.33. The molecule has 2 unspecified atom stereocenters. The van der Waals surface area contributed by atoms with E-state index < -0.39 is 0 Å². The summed E-state index contributed by atoms with van der Waals surface area (Å²) in [4.78, 5) is 6.28. The second-order valence-electron chi connectivity index (χ2n) is 4.47. The van der Waals surface area contributed by atoms with Crippen LogP contribution in [0.3, 0.4) is 0 Å². The first-order valence-electron chi connectivity index (χ1n) is 5.60. The molecule has 2 rings (SSSR count). The van der Waals surface area contributed by atoms with Gasteiger partial charge in [-0.3, -0.25) is 9.88 Å². The maximum Gasteiger partial charge on any atom is 0.141 e. The van der Waals surface area contributed by atoms with Crippen molar-refractivity contribution in [2.75, 3.05) is 11.9 Å². The van der Waals surface area contributed by atoms with Crippen LogP contribution in [-0.2, 0) is 6.54 Å². The van der Waals surface area contributed by atoms with E-state index in [1.807, 2.05) is 0 Å². The van der Waals surface area contributed by atoms with Gasteiger partial charge in [0.15, 0.2) is 0 Å². The fourth-order valence-electron chi connectivity index (χ4n) is 2.31. The predicted octanol–water partition coefficient (Wildman–Crippen LogP) is 2.83. The zero-order chi connectivity index (χ0) is 11.5. The first-order chi connectivity index (χ1) is 7.70. The van der Waals surface area contributed by atoms with Crippen molar-refractivity contribution in [3.8, 4) is 0 Å². The molecule has 1 aliphatic heterocycles. The van der Waals surface area contributed by atoms with Gasteiger partial charge in [-0.05, 0) is 30.5 Å². The first-order valence-corrected chi connectivity index (χ1v) is 6.72. The third-order valence-electron chi connectivity index (χ3n) is 3.30. The van der Waals surface area contributed by atoms with Crippen LogP contribution in [0.1, 0.15) is 18.9 Å². The second kappa shape index (κ2) is 5.23. The van der Waals surface area contributed by atoms with E-state index in [2.05, 4.69) is 32.7 Å². The number of pyridine rings is 1. The predicted molar refractivity (Wildman–Crippen MR) is 66.0 cm³/mol. The Balaban J connectivity index is 2.04. The van der Waals surface area contributed by atoms with Crippen LogP contribution in [-0.4, -0.2) is 27.8 Å². The highest BCUT2D eigenvalue weighted by atomic mass is 79.9. The number of hydrogen-bond donors (Lipinski definition) is 0. The van der Waals surface area contributed by atoms with E-state index in [0.717, 1.165) is 24.0 Å². The Morgan fingerprint density at radius 2 is 2.38 bits per heavy atom. The number of halogens is 2. The van der Waals surface area contributed by atoms with Crippen molar-refractivity contribution in [3.63, 3.8) is 0 Å². The van der Waals surface area contributed by atoms with Crippen molar-refractivity contribution < 1.29 is 4.39 Å². The van der Waals surface area contributed by atoms with Gasteiger partial charge in [-0.25, -0.2) is 4.39 Å². The standard InChI is InChI=1S/C12H16BrFN2/c1-9-2-3-16(12(9)5-13)8-10-4-11(14)7-15-6-10/h4,6-7,9,12H,2-3,5,8H2,1H3. The number of likely N-dealkylation sites (tertiary alicyclic amines) is 1. The molecule has 1 aliphatic rings. The van der Waals surface area contributed by atoms with Crippen molar-refractivity contribution in [1.82, 2.24) is 9.88 Å². The van der Waals surface area contributed by atoms with Crippen LogP contribution in [0.2, 0.25) is 0 Å². The van der Waals surface area contributed by atoms with E-state index in [0.29, 0.717) is 12.0 Å². The SMILES string of the molecule is CC1CCN(Cc2cncc(F)c2)C1CBr. The molecule has 2 heterocycles. The lowest BCUT2D eigenvalue weighted by atomic mass is 10.1. The lowest BCUT2D eigenvalue weighted by Gasteiger charge is -2.24. The smallest absolute Gasteiger partial charge is 0.141 e. The molecule has 0 radical (unpaired) electrons. The van der Waals surface area contributed by atoms with Crippen molar-refractivity contribution in [2.45, 2.75) is 25.9 Å². The van der Waals surface area contributed by atoms with Crippen LogP contribution in [0.15, 0.2) is 18.5 Å². The summed E-state index contributed by atoms with van der Waals surface area (Å²) in [5.41, 5.74) is 0.958. The second-order valence-corrected chi connectivity index (χ2v) is 5.12. The van der Waals surface area contributed by atoms with Crippen molar-refractivity contribution in [2.24, 2.45) is 5.92 Å². The molecule has 0 N–H and O–H groups in total. The Hall–Kier alpha value is -0.480. The highest BCUT2D eigenvalue weighted by Gasteiger charge is 2.29. The Morgan fingerprint density at radius 1 is 1.56 bits per heavy atom. The third-order valence-corrected chi connectivity index (χ3v) is 3.97. The van der Waals surface area contributed by atoms with Crippen LogP contribution < -0.4 is 0 Å². The maximum atomic E-state index is 13.0. The highest BCUT2D eigenvalue weighted by molar-refractivity contribution is 9.09. The average Bonchev–Trinajstić information content (AvgIpc) is 2.59. The molecule has 0 saturated carbocycles. The molecule has 0 aliphatic carbocycles. The summed E-state index contributed by atoms with van der Waals surface area (Å²) >= 11 is 3.55. The zero-order valence-corrected chi connectivity index (χ0v) is 11.0. The van der Waals surface area contributed by atoms with E-state index in [9.17, 15) is 4.39 Å². The summed E-state index contributed by atoms with van der Waals surface area (Å²) in [7, 11) is 0. The molecule has 0 amide bonds. The van der Waals surface area contributed by atoms with E-state index in [4.69, 9.17) is 0 Å². The van der Waals surface area contributed by atoms with Gasteiger partial charge in [0.1, 0.15) is 5.82 Å². The summed E-state index contributed by atoms with van der Waals surface area (Å²) < 4.78 is 13.0. The van der Waals surface area contributed by atoms with E-state index in [-0.39, 0.29) is 5.82 Å². The van der Waals surface area contributed by atoms with Crippen LogP contribution in [0.25, 0.3) is 0 Å². The van der Waals surface area contributed by atoms with Gasteiger partial charge in [0.2, 0.25) is 0 Å². The topological polar surface area (TPSA) is 16.1 Å². The summed E-state index contributed by atoms with van der Waals surface area (Å²) in [6.07, 6.45) is 4.22. The fourth-order valence-corrected chi connectivity index (χ4v) is 3.36. The molecule has 1 aromatic rings. The third kappa shape index (κ3) is 2.61. The summed E-state index contributed by atoms with van der Waals surface area (Å²) in [6, 6.07) is 2.13. The molecular weight excluding hydrogens is 271 g/mol. The number of alkyl halides is 1. The Kier molecular flexibility index (Phi) is 3.92. The number of nitrogens with zero attached hydrogens (tertiary/aromatic N) is 2. The molecule has 0 bridgehead atoms. The van der Waals surface area contributed by atoms with Crippen LogP contribution >= 0.6 is 15.9 Å². The largest absolute Gasteiger partial charge is 0.295 e. The number of rotatable bonds is 3.